The molecule has 0 atom stereocenters. The first kappa shape index (κ1) is 8.46. The van der Waals surface area contributed by atoms with E-state index >= 15 is 0 Å². The Morgan fingerprint density at radius 2 is 2.00 bits per heavy atom. The van der Waals surface area contributed by atoms with E-state index < -0.39 is 0 Å². The molecule has 3 nitrogen and oxygen atoms in total. The molecule has 0 amide bonds. The zero-order valence-corrected chi connectivity index (χ0v) is 6.81. The maximum absolute atomic E-state index is 8.29. The number of hydrogen-bond donors (Lipinski definition) is 1. The fourth-order valence-electron chi connectivity index (χ4n) is 0.733. The van der Waals surface area contributed by atoms with Gasteiger partial charge in [-0.15, -0.1) is 0 Å². The summed E-state index contributed by atoms with van der Waals surface area (Å²) in [6.07, 6.45) is 1.65. The molecule has 0 bridgehead atoms. The zero-order chi connectivity index (χ0) is 8.81. The summed E-state index contributed by atoms with van der Waals surface area (Å²) < 4.78 is 0. The molecule has 0 aliphatic carbocycles. The van der Waals surface area contributed by atoms with Crippen molar-refractivity contribution in [3.05, 3.63) is 35.9 Å². The Morgan fingerprint density at radius 3 is 2.58 bits per heavy atom. The van der Waals surface area contributed by atoms with Gasteiger partial charge in [0.1, 0.15) is 0 Å². The van der Waals surface area contributed by atoms with Crippen LogP contribution in [0.4, 0.5) is 0 Å². The van der Waals surface area contributed by atoms with Crippen LogP contribution in [-0.4, -0.2) is 17.3 Å². The Hall–Kier alpha value is -1.64. The first-order valence-electron chi connectivity index (χ1n) is 3.60. The van der Waals surface area contributed by atoms with Gasteiger partial charge >= 0.3 is 0 Å². The smallest absolute Gasteiger partial charge is 0.164 e. The van der Waals surface area contributed by atoms with Crippen molar-refractivity contribution < 1.29 is 5.21 Å². The van der Waals surface area contributed by atoms with E-state index in [0.717, 1.165) is 5.56 Å². The van der Waals surface area contributed by atoms with Gasteiger partial charge in [0.05, 0.1) is 0 Å². The van der Waals surface area contributed by atoms with Crippen molar-refractivity contribution in [2.24, 2.45) is 10.1 Å². The maximum atomic E-state index is 8.29. The fourth-order valence-corrected chi connectivity index (χ4v) is 0.733. The van der Waals surface area contributed by atoms with Gasteiger partial charge in [0.2, 0.25) is 0 Å². The minimum absolute atomic E-state index is 0.346. The maximum Gasteiger partial charge on any atom is 0.164 e. The predicted molar refractivity (Wildman–Crippen MR) is 48.9 cm³/mol. The second kappa shape index (κ2) is 4.28. The second-order valence-electron chi connectivity index (χ2n) is 2.32. The van der Waals surface area contributed by atoms with Crippen LogP contribution in [0.25, 0.3) is 0 Å². The third-order valence-electron chi connectivity index (χ3n) is 1.34. The molecule has 1 aromatic carbocycles. The summed E-state index contributed by atoms with van der Waals surface area (Å²) in [6, 6.07) is 9.63. The van der Waals surface area contributed by atoms with E-state index in [1.807, 2.05) is 30.3 Å². The van der Waals surface area contributed by atoms with E-state index in [-0.39, 0.29) is 0 Å². The number of rotatable bonds is 1. The van der Waals surface area contributed by atoms with Gasteiger partial charge in [0, 0.05) is 6.21 Å². The molecule has 0 aromatic heterocycles. The molecule has 0 unspecified atom stereocenters. The average molecular weight is 162 g/mol. The Bertz CT molecular complexity index is 291. The number of aliphatic imine (C=N–C) groups is 1. The van der Waals surface area contributed by atoms with Gasteiger partial charge in [-0.2, -0.15) is 0 Å². The first-order valence-corrected chi connectivity index (χ1v) is 3.60. The molecule has 1 N–H and O–H groups in total. The molecule has 0 aliphatic rings. The van der Waals surface area contributed by atoms with Crippen LogP contribution in [0.3, 0.4) is 0 Å². The molecule has 0 aliphatic heterocycles. The van der Waals surface area contributed by atoms with E-state index in [4.69, 9.17) is 5.21 Å². The number of amidine groups is 1. The molecule has 0 saturated carbocycles. The molecule has 0 saturated heterocycles. The lowest BCUT2D eigenvalue weighted by Gasteiger charge is -1.89. The number of nitrogens with zero attached hydrogens (tertiary/aromatic N) is 2. The largest absolute Gasteiger partial charge is 0.409 e. The van der Waals surface area contributed by atoms with Crippen LogP contribution in [0, 0.1) is 0 Å². The number of oxime groups is 1. The molecule has 0 spiro atoms. The van der Waals surface area contributed by atoms with Crippen molar-refractivity contribution in [3.8, 4) is 0 Å². The first-order chi connectivity index (χ1) is 5.83. The van der Waals surface area contributed by atoms with Gasteiger partial charge in [-0.05, 0) is 12.5 Å². The topological polar surface area (TPSA) is 45.0 Å². The van der Waals surface area contributed by atoms with Crippen LogP contribution in [0.15, 0.2) is 40.5 Å². The Balaban J connectivity index is 2.70. The molecule has 1 rings (SSSR count). The van der Waals surface area contributed by atoms with Crippen molar-refractivity contribution in [1.29, 1.82) is 0 Å². The van der Waals surface area contributed by atoms with E-state index in [1.54, 1.807) is 13.1 Å². The lowest BCUT2D eigenvalue weighted by atomic mass is 10.2. The zero-order valence-electron chi connectivity index (χ0n) is 6.81. The third-order valence-corrected chi connectivity index (χ3v) is 1.34. The van der Waals surface area contributed by atoms with Crippen LogP contribution in [0.5, 0.6) is 0 Å². The summed E-state index contributed by atoms with van der Waals surface area (Å²) >= 11 is 0. The lowest BCUT2D eigenvalue weighted by Crippen LogP contribution is -1.87. The SMILES string of the molecule is C/C(N=Cc1ccccc1)=N\O. The van der Waals surface area contributed by atoms with Gasteiger partial charge < -0.3 is 5.21 Å². The molecular weight excluding hydrogens is 152 g/mol. The molecular formula is C9H10N2O. The van der Waals surface area contributed by atoms with Crippen LogP contribution in [0.1, 0.15) is 12.5 Å². The molecule has 0 heterocycles. The lowest BCUT2D eigenvalue weighted by molar-refractivity contribution is 0.318. The Morgan fingerprint density at radius 1 is 1.33 bits per heavy atom. The molecule has 12 heavy (non-hydrogen) atoms. The third kappa shape index (κ3) is 2.54. The van der Waals surface area contributed by atoms with Crippen molar-refractivity contribution in [2.75, 3.05) is 0 Å². The molecule has 3 heteroatoms. The van der Waals surface area contributed by atoms with Gasteiger partial charge in [0.15, 0.2) is 5.84 Å². The van der Waals surface area contributed by atoms with Gasteiger partial charge in [-0.1, -0.05) is 35.5 Å². The highest BCUT2D eigenvalue weighted by molar-refractivity contribution is 5.93. The monoisotopic (exact) mass is 162 g/mol. The van der Waals surface area contributed by atoms with Crippen molar-refractivity contribution in [2.45, 2.75) is 6.92 Å². The second-order valence-corrected chi connectivity index (χ2v) is 2.32. The van der Waals surface area contributed by atoms with Gasteiger partial charge in [-0.25, -0.2) is 4.99 Å². The van der Waals surface area contributed by atoms with Gasteiger partial charge in [0.25, 0.3) is 0 Å². The van der Waals surface area contributed by atoms with Crippen molar-refractivity contribution in [3.63, 3.8) is 0 Å². The van der Waals surface area contributed by atoms with E-state index in [9.17, 15) is 0 Å². The molecule has 1 aromatic rings. The number of hydrogen-bond acceptors (Lipinski definition) is 2. The summed E-state index contributed by atoms with van der Waals surface area (Å²) in [4.78, 5) is 3.89. The van der Waals surface area contributed by atoms with Crippen molar-refractivity contribution in [1.82, 2.24) is 0 Å². The highest BCUT2D eigenvalue weighted by Crippen LogP contribution is 1.93. The average Bonchev–Trinajstić information content (AvgIpc) is 2.16. The fraction of sp³-hybridized carbons (Fsp3) is 0.111. The van der Waals surface area contributed by atoms with E-state index in [0.29, 0.717) is 5.84 Å². The molecule has 0 fully saturated rings. The van der Waals surface area contributed by atoms with Crippen molar-refractivity contribution >= 4 is 12.1 Å². The normalized spacial score (nSPS) is 12.2. The van der Waals surface area contributed by atoms with Gasteiger partial charge in [-0.3, -0.25) is 0 Å². The molecule has 62 valence electrons. The highest BCUT2D eigenvalue weighted by Gasteiger charge is 1.84. The summed E-state index contributed by atoms with van der Waals surface area (Å²) in [7, 11) is 0. The van der Waals surface area contributed by atoms with Crippen LogP contribution >= 0.6 is 0 Å². The minimum Gasteiger partial charge on any atom is -0.409 e. The minimum atomic E-state index is 0.346. The summed E-state index contributed by atoms with van der Waals surface area (Å²) in [5, 5.41) is 11.2. The summed E-state index contributed by atoms with van der Waals surface area (Å²) in [6.45, 7) is 1.62. The van der Waals surface area contributed by atoms with Crippen LogP contribution in [0.2, 0.25) is 0 Å². The van der Waals surface area contributed by atoms with Crippen LogP contribution < -0.4 is 0 Å². The Labute approximate surface area is 71.1 Å². The van der Waals surface area contributed by atoms with E-state index in [1.165, 1.54) is 0 Å². The predicted octanol–water partition coefficient (Wildman–Crippen LogP) is 1.91. The highest BCUT2D eigenvalue weighted by atomic mass is 16.4. The Kier molecular flexibility index (Phi) is 3.02. The molecule has 0 radical (unpaired) electrons. The standard InChI is InChI=1S/C9H10N2O/c1-8(11-12)10-7-9-5-3-2-4-6-9/h2-7,12H,1H3/b10-7?,11-8+. The summed E-state index contributed by atoms with van der Waals surface area (Å²) in [5.41, 5.74) is 0.987. The van der Waals surface area contributed by atoms with Crippen LogP contribution in [-0.2, 0) is 0 Å². The summed E-state index contributed by atoms with van der Waals surface area (Å²) in [5.74, 6) is 0.346. The number of benzene rings is 1. The quantitative estimate of drug-likeness (QED) is 0.291. The van der Waals surface area contributed by atoms with E-state index in [2.05, 4.69) is 10.1 Å².